The smallest absolute Gasteiger partial charge is 0.000862 e. The molecule has 2 unspecified atom stereocenters. The number of nitrogens with zero attached hydrogens (tertiary/aromatic N) is 1. The maximum atomic E-state index is 3.23. The predicted molar refractivity (Wildman–Crippen MR) is 36.7 cm³/mol. The minimum absolute atomic E-state index is 0. The SMILES string of the molecule is CN1[C-]=CC2CCCC21.[Y]. The fraction of sp³-hybridized carbons (Fsp3) is 0.750. The van der Waals surface area contributed by atoms with E-state index < -0.39 is 0 Å². The molecule has 1 aliphatic heterocycles. The maximum Gasteiger partial charge on any atom is 0.000862 e. The van der Waals surface area contributed by atoms with Crippen LogP contribution in [0, 0.1) is 12.1 Å². The van der Waals surface area contributed by atoms with Gasteiger partial charge in [-0.15, -0.1) is 0 Å². The third-order valence-electron chi connectivity index (χ3n) is 2.52. The molecule has 0 aromatic heterocycles. The van der Waals surface area contributed by atoms with E-state index in [4.69, 9.17) is 0 Å². The summed E-state index contributed by atoms with van der Waals surface area (Å²) in [5.74, 6) is 0.843. The van der Waals surface area contributed by atoms with Gasteiger partial charge in [0.25, 0.3) is 0 Å². The molecule has 53 valence electrons. The van der Waals surface area contributed by atoms with Gasteiger partial charge in [0.15, 0.2) is 0 Å². The van der Waals surface area contributed by atoms with E-state index in [0.717, 1.165) is 12.0 Å². The Labute approximate surface area is 87.7 Å². The molecule has 2 aliphatic rings. The second kappa shape index (κ2) is 3.36. The van der Waals surface area contributed by atoms with Crippen LogP contribution >= 0.6 is 0 Å². The van der Waals surface area contributed by atoms with Gasteiger partial charge in [0, 0.05) is 38.8 Å². The summed E-state index contributed by atoms with van der Waals surface area (Å²) in [6.45, 7) is 0. The van der Waals surface area contributed by atoms with Crippen LogP contribution in [0.1, 0.15) is 19.3 Å². The number of fused-ring (bicyclic) bond motifs is 1. The zero-order valence-corrected chi connectivity index (χ0v) is 9.22. The van der Waals surface area contributed by atoms with Gasteiger partial charge in [0.05, 0.1) is 0 Å². The molecule has 1 heterocycles. The van der Waals surface area contributed by atoms with Gasteiger partial charge in [-0.05, 0) is 25.8 Å². The average molecular weight is 211 g/mol. The molecule has 0 spiro atoms. The van der Waals surface area contributed by atoms with E-state index in [2.05, 4.69) is 24.2 Å². The molecule has 0 N–H and O–H groups in total. The van der Waals surface area contributed by atoms with Crippen LogP contribution in [-0.4, -0.2) is 18.0 Å². The molecule has 2 rings (SSSR count). The predicted octanol–water partition coefficient (Wildman–Crippen LogP) is 1.41. The van der Waals surface area contributed by atoms with Crippen LogP contribution in [0.3, 0.4) is 0 Å². The third kappa shape index (κ3) is 1.31. The Hall–Kier alpha value is 0.644. The summed E-state index contributed by atoms with van der Waals surface area (Å²) in [7, 11) is 2.13. The standard InChI is InChI=1S/C8H12N.Y/c1-9-6-5-7-3-2-4-8(7)9;/h5,7-8H,2-4H2,1H3;/q-1;. The Morgan fingerprint density at radius 2 is 2.30 bits per heavy atom. The first-order chi connectivity index (χ1) is 4.38. The number of rotatable bonds is 0. The van der Waals surface area contributed by atoms with E-state index in [9.17, 15) is 0 Å². The van der Waals surface area contributed by atoms with E-state index in [1.54, 1.807) is 0 Å². The fourth-order valence-corrected chi connectivity index (χ4v) is 1.95. The zero-order valence-electron chi connectivity index (χ0n) is 6.38. The summed E-state index contributed by atoms with van der Waals surface area (Å²) in [5.41, 5.74) is 0. The van der Waals surface area contributed by atoms with E-state index in [0.29, 0.717) is 0 Å². The molecule has 1 aliphatic carbocycles. The van der Waals surface area contributed by atoms with Crippen molar-refractivity contribution in [1.29, 1.82) is 0 Å². The van der Waals surface area contributed by atoms with Crippen molar-refractivity contribution in [2.24, 2.45) is 5.92 Å². The largest absolute Gasteiger partial charge is 0.554 e. The molecule has 10 heavy (non-hydrogen) atoms. The van der Waals surface area contributed by atoms with Gasteiger partial charge in [0.1, 0.15) is 0 Å². The van der Waals surface area contributed by atoms with Crippen LogP contribution < -0.4 is 0 Å². The molecule has 0 saturated heterocycles. The molecule has 2 heteroatoms. The van der Waals surface area contributed by atoms with E-state index in [-0.39, 0.29) is 32.7 Å². The van der Waals surface area contributed by atoms with Gasteiger partial charge in [-0.2, -0.15) is 0 Å². The molecule has 0 amide bonds. The Bertz CT molecular complexity index is 144. The zero-order chi connectivity index (χ0) is 6.27. The molecule has 0 bridgehead atoms. The first-order valence-corrected chi connectivity index (χ1v) is 3.70. The van der Waals surface area contributed by atoms with Crippen molar-refractivity contribution in [2.45, 2.75) is 25.3 Å². The average Bonchev–Trinajstić information content (AvgIpc) is 2.35. The van der Waals surface area contributed by atoms with Gasteiger partial charge in [-0.25, -0.2) is 6.08 Å². The minimum Gasteiger partial charge on any atom is -0.554 e. The van der Waals surface area contributed by atoms with Crippen LogP contribution in [0.5, 0.6) is 0 Å². The van der Waals surface area contributed by atoms with Crippen LogP contribution in [0.2, 0.25) is 0 Å². The molecule has 1 radical (unpaired) electrons. The van der Waals surface area contributed by atoms with Gasteiger partial charge in [-0.3, -0.25) is 0 Å². The van der Waals surface area contributed by atoms with Crippen molar-refractivity contribution in [2.75, 3.05) is 7.05 Å². The van der Waals surface area contributed by atoms with Crippen molar-refractivity contribution >= 4 is 0 Å². The van der Waals surface area contributed by atoms with Crippen molar-refractivity contribution in [1.82, 2.24) is 4.90 Å². The molecule has 1 nitrogen and oxygen atoms in total. The Kier molecular flexibility index (Phi) is 2.94. The summed E-state index contributed by atoms with van der Waals surface area (Å²) >= 11 is 0. The van der Waals surface area contributed by atoms with E-state index >= 15 is 0 Å². The minimum atomic E-state index is 0. The second-order valence-electron chi connectivity index (χ2n) is 3.07. The molecule has 0 aromatic rings. The Morgan fingerprint density at radius 3 is 3.00 bits per heavy atom. The van der Waals surface area contributed by atoms with Crippen LogP contribution in [0.15, 0.2) is 6.08 Å². The third-order valence-corrected chi connectivity index (χ3v) is 2.52. The second-order valence-corrected chi connectivity index (χ2v) is 3.07. The Balaban J connectivity index is 0.000000500. The normalized spacial score (nSPS) is 35.9. The van der Waals surface area contributed by atoms with E-state index in [1.807, 2.05) is 0 Å². The maximum absolute atomic E-state index is 3.23. The fourth-order valence-electron chi connectivity index (χ4n) is 1.95. The summed E-state index contributed by atoms with van der Waals surface area (Å²) in [6, 6.07) is 0.810. The topological polar surface area (TPSA) is 3.24 Å². The first kappa shape index (κ1) is 8.74. The summed E-state index contributed by atoms with van der Waals surface area (Å²) in [5, 5.41) is 0. The summed E-state index contributed by atoms with van der Waals surface area (Å²) < 4.78 is 0. The van der Waals surface area contributed by atoms with Crippen molar-refractivity contribution in [3.05, 3.63) is 12.3 Å². The van der Waals surface area contributed by atoms with Gasteiger partial charge in [-0.1, -0.05) is 6.42 Å². The van der Waals surface area contributed by atoms with Crippen molar-refractivity contribution in [3.63, 3.8) is 0 Å². The van der Waals surface area contributed by atoms with Crippen LogP contribution in [-0.2, 0) is 32.7 Å². The molecule has 0 aromatic carbocycles. The van der Waals surface area contributed by atoms with Crippen molar-refractivity contribution in [3.8, 4) is 0 Å². The van der Waals surface area contributed by atoms with Crippen LogP contribution in [0.25, 0.3) is 0 Å². The van der Waals surface area contributed by atoms with Gasteiger partial charge >= 0.3 is 0 Å². The first-order valence-electron chi connectivity index (χ1n) is 3.70. The monoisotopic (exact) mass is 211 g/mol. The quantitative estimate of drug-likeness (QED) is 0.547. The molecule has 1 fully saturated rings. The molecule has 2 atom stereocenters. The summed E-state index contributed by atoms with van der Waals surface area (Å²) in [4.78, 5) is 2.23. The number of hydrogen-bond acceptors (Lipinski definition) is 1. The van der Waals surface area contributed by atoms with Crippen molar-refractivity contribution < 1.29 is 32.7 Å². The number of hydrogen-bond donors (Lipinski definition) is 0. The van der Waals surface area contributed by atoms with Gasteiger partial charge < -0.3 is 11.1 Å². The van der Waals surface area contributed by atoms with Gasteiger partial charge in [0.2, 0.25) is 0 Å². The summed E-state index contributed by atoms with van der Waals surface area (Å²) in [6.07, 6.45) is 9.65. The van der Waals surface area contributed by atoms with Crippen LogP contribution in [0.4, 0.5) is 0 Å². The molecular formula is C8H12NY-. The Morgan fingerprint density at radius 1 is 1.50 bits per heavy atom. The molecule has 1 saturated carbocycles. The molecular weight excluding hydrogens is 199 g/mol. The van der Waals surface area contributed by atoms with E-state index in [1.165, 1.54) is 19.3 Å².